The van der Waals surface area contributed by atoms with Gasteiger partial charge in [-0.2, -0.15) is 5.10 Å². The third kappa shape index (κ3) is 3.91. The number of benzene rings is 2. The summed E-state index contributed by atoms with van der Waals surface area (Å²) in [6.07, 6.45) is 2.09. The van der Waals surface area contributed by atoms with Crippen molar-refractivity contribution in [2.75, 3.05) is 0 Å². The van der Waals surface area contributed by atoms with E-state index in [1.165, 1.54) is 16.8 Å². The lowest BCUT2D eigenvalue weighted by atomic mass is 10.0. The molecule has 1 atom stereocenters. The molecule has 7 nitrogen and oxygen atoms in total. The zero-order valence-corrected chi connectivity index (χ0v) is 15.4. The van der Waals surface area contributed by atoms with E-state index in [-0.39, 0.29) is 4.90 Å². The van der Waals surface area contributed by atoms with E-state index in [0.29, 0.717) is 17.7 Å². The van der Waals surface area contributed by atoms with Crippen LogP contribution in [-0.4, -0.2) is 29.3 Å². The van der Waals surface area contributed by atoms with Crippen LogP contribution in [0, 0.1) is 0 Å². The monoisotopic (exact) mass is 385 g/mol. The van der Waals surface area contributed by atoms with Gasteiger partial charge in [0.15, 0.2) is 0 Å². The molecule has 0 spiro atoms. The molecule has 1 heterocycles. The maximum Gasteiger partial charge on any atom is 0.328 e. The summed E-state index contributed by atoms with van der Waals surface area (Å²) in [5, 5.41) is 19.1. The number of aromatic nitrogens is 2. The van der Waals surface area contributed by atoms with Gasteiger partial charge in [0.1, 0.15) is 11.7 Å². The van der Waals surface area contributed by atoms with Crippen molar-refractivity contribution >= 4 is 16.0 Å². The fourth-order valence-electron chi connectivity index (χ4n) is 2.87. The molecule has 8 heteroatoms. The normalized spacial score (nSPS) is 12.7. The standard InChI is InChI=1S/C19H19N3O4S/c1-2-17(19(23)24)22-12-16(13-6-4-3-5-7-13)18(21-22)14-8-10-15(11-9-14)27(20,25)26/h3-12,17H,2H2,1H3,(H,23,24)(H2,20,25,26). The summed E-state index contributed by atoms with van der Waals surface area (Å²) in [5.41, 5.74) is 2.88. The molecule has 140 valence electrons. The molecule has 0 amide bonds. The predicted molar refractivity (Wildman–Crippen MR) is 101 cm³/mol. The van der Waals surface area contributed by atoms with Gasteiger partial charge in [-0.25, -0.2) is 18.4 Å². The molecular weight excluding hydrogens is 366 g/mol. The van der Waals surface area contributed by atoms with Crippen molar-refractivity contribution in [3.8, 4) is 22.4 Å². The zero-order valence-electron chi connectivity index (χ0n) is 14.6. The molecule has 27 heavy (non-hydrogen) atoms. The minimum absolute atomic E-state index is 0.00362. The van der Waals surface area contributed by atoms with E-state index in [2.05, 4.69) is 5.10 Å². The third-order valence-electron chi connectivity index (χ3n) is 4.26. The molecular formula is C19H19N3O4S. The van der Waals surface area contributed by atoms with Crippen LogP contribution in [0.3, 0.4) is 0 Å². The van der Waals surface area contributed by atoms with Crippen LogP contribution in [0.5, 0.6) is 0 Å². The minimum atomic E-state index is -3.79. The second-order valence-electron chi connectivity index (χ2n) is 6.07. The Morgan fingerprint density at radius 2 is 1.74 bits per heavy atom. The van der Waals surface area contributed by atoms with Gasteiger partial charge in [-0.05, 0) is 24.1 Å². The van der Waals surface area contributed by atoms with Gasteiger partial charge >= 0.3 is 5.97 Å². The van der Waals surface area contributed by atoms with Gasteiger partial charge in [-0.3, -0.25) is 4.68 Å². The average molecular weight is 385 g/mol. The zero-order chi connectivity index (χ0) is 19.6. The van der Waals surface area contributed by atoms with Crippen molar-refractivity contribution in [3.63, 3.8) is 0 Å². The third-order valence-corrected chi connectivity index (χ3v) is 5.19. The number of carbonyl (C=O) groups is 1. The summed E-state index contributed by atoms with van der Waals surface area (Å²) in [6, 6.07) is 14.7. The lowest BCUT2D eigenvalue weighted by Crippen LogP contribution is -2.18. The highest BCUT2D eigenvalue weighted by Gasteiger charge is 2.22. The first-order valence-corrected chi connectivity index (χ1v) is 9.86. The Morgan fingerprint density at radius 3 is 2.26 bits per heavy atom. The SMILES string of the molecule is CCC(C(=O)O)n1cc(-c2ccccc2)c(-c2ccc(S(N)(=O)=O)cc2)n1. The first kappa shape index (κ1) is 18.8. The van der Waals surface area contributed by atoms with Crippen molar-refractivity contribution < 1.29 is 18.3 Å². The van der Waals surface area contributed by atoms with Crippen molar-refractivity contribution in [1.29, 1.82) is 0 Å². The number of sulfonamides is 1. The van der Waals surface area contributed by atoms with E-state index < -0.39 is 22.0 Å². The van der Waals surface area contributed by atoms with Crippen molar-refractivity contribution in [2.45, 2.75) is 24.3 Å². The number of hydrogen-bond donors (Lipinski definition) is 2. The highest BCUT2D eigenvalue weighted by molar-refractivity contribution is 7.89. The minimum Gasteiger partial charge on any atom is -0.480 e. The van der Waals surface area contributed by atoms with Crippen LogP contribution in [0.15, 0.2) is 65.7 Å². The van der Waals surface area contributed by atoms with E-state index in [4.69, 9.17) is 5.14 Å². The second kappa shape index (κ2) is 7.34. The Balaban J connectivity index is 2.15. The van der Waals surface area contributed by atoms with E-state index in [0.717, 1.165) is 11.1 Å². The summed E-state index contributed by atoms with van der Waals surface area (Å²) in [6.45, 7) is 1.78. The van der Waals surface area contributed by atoms with E-state index in [1.807, 2.05) is 30.3 Å². The van der Waals surface area contributed by atoms with Crippen LogP contribution in [0.1, 0.15) is 19.4 Å². The van der Waals surface area contributed by atoms with Crippen LogP contribution in [0.25, 0.3) is 22.4 Å². The van der Waals surface area contributed by atoms with Gasteiger partial charge in [0, 0.05) is 17.3 Å². The van der Waals surface area contributed by atoms with Crippen LogP contribution in [0.2, 0.25) is 0 Å². The van der Waals surface area contributed by atoms with Crippen molar-refractivity contribution in [2.24, 2.45) is 5.14 Å². The van der Waals surface area contributed by atoms with E-state index >= 15 is 0 Å². The topological polar surface area (TPSA) is 115 Å². The number of carboxylic acid groups (broad SMARTS) is 1. The number of rotatable bonds is 6. The lowest BCUT2D eigenvalue weighted by Gasteiger charge is -2.09. The molecule has 0 saturated carbocycles. The summed E-state index contributed by atoms with van der Waals surface area (Å²) >= 11 is 0. The summed E-state index contributed by atoms with van der Waals surface area (Å²) in [4.78, 5) is 11.5. The molecule has 3 N–H and O–H groups in total. The highest BCUT2D eigenvalue weighted by atomic mass is 32.2. The maximum atomic E-state index is 11.5. The first-order valence-electron chi connectivity index (χ1n) is 8.32. The Bertz CT molecular complexity index is 1060. The van der Waals surface area contributed by atoms with Gasteiger partial charge in [0.05, 0.1) is 4.90 Å². The van der Waals surface area contributed by atoms with Crippen molar-refractivity contribution in [1.82, 2.24) is 9.78 Å². The molecule has 0 saturated heterocycles. The quantitative estimate of drug-likeness (QED) is 0.677. The van der Waals surface area contributed by atoms with Crippen LogP contribution >= 0.6 is 0 Å². The van der Waals surface area contributed by atoms with Gasteiger partial charge in [-0.1, -0.05) is 49.4 Å². The first-order chi connectivity index (χ1) is 12.8. The van der Waals surface area contributed by atoms with Gasteiger partial charge in [-0.15, -0.1) is 0 Å². The number of primary sulfonamides is 1. The Morgan fingerprint density at radius 1 is 1.11 bits per heavy atom. The second-order valence-corrected chi connectivity index (χ2v) is 7.63. The van der Waals surface area contributed by atoms with Gasteiger partial charge in [0.2, 0.25) is 10.0 Å². The fourth-order valence-corrected chi connectivity index (χ4v) is 3.39. The van der Waals surface area contributed by atoms with E-state index in [9.17, 15) is 18.3 Å². The average Bonchev–Trinajstić information content (AvgIpc) is 3.07. The lowest BCUT2D eigenvalue weighted by molar-refractivity contribution is -0.141. The molecule has 1 aromatic heterocycles. The Kier molecular flexibility index (Phi) is 5.11. The fraction of sp³-hybridized carbons (Fsp3) is 0.158. The smallest absolute Gasteiger partial charge is 0.328 e. The maximum absolute atomic E-state index is 11.5. The summed E-state index contributed by atoms with van der Waals surface area (Å²) in [5.74, 6) is -0.962. The molecule has 0 aliphatic heterocycles. The molecule has 3 rings (SSSR count). The van der Waals surface area contributed by atoms with Crippen LogP contribution in [0.4, 0.5) is 0 Å². The Labute approximate surface area is 157 Å². The molecule has 0 aliphatic carbocycles. The molecule has 3 aromatic rings. The largest absolute Gasteiger partial charge is 0.480 e. The number of aliphatic carboxylic acids is 1. The van der Waals surface area contributed by atoms with Crippen LogP contribution in [-0.2, 0) is 14.8 Å². The summed E-state index contributed by atoms with van der Waals surface area (Å²) < 4.78 is 24.4. The van der Waals surface area contributed by atoms with Crippen molar-refractivity contribution in [3.05, 3.63) is 60.8 Å². The Hall–Kier alpha value is -2.97. The predicted octanol–water partition coefficient (Wildman–Crippen LogP) is 2.90. The summed E-state index contributed by atoms with van der Waals surface area (Å²) in [7, 11) is -3.79. The highest BCUT2D eigenvalue weighted by Crippen LogP contribution is 2.32. The molecule has 0 fully saturated rings. The van der Waals surface area contributed by atoms with Gasteiger partial charge < -0.3 is 5.11 Å². The van der Waals surface area contributed by atoms with E-state index in [1.54, 1.807) is 25.3 Å². The number of nitrogens with two attached hydrogens (primary N) is 1. The number of hydrogen-bond acceptors (Lipinski definition) is 4. The number of carboxylic acids is 1. The molecule has 0 radical (unpaired) electrons. The molecule has 0 bridgehead atoms. The van der Waals surface area contributed by atoms with Gasteiger partial charge in [0.25, 0.3) is 0 Å². The molecule has 1 unspecified atom stereocenters. The number of nitrogens with zero attached hydrogens (tertiary/aromatic N) is 2. The molecule has 0 aliphatic rings. The van der Waals surface area contributed by atoms with Crippen LogP contribution < -0.4 is 5.14 Å². The molecule has 2 aromatic carbocycles.